The molecular weight excluding hydrogens is 432 g/mol. The number of sulfonamides is 1. The first-order valence-corrected chi connectivity index (χ1v) is 11.3. The van der Waals surface area contributed by atoms with Gasteiger partial charge in [0.25, 0.3) is 0 Å². The summed E-state index contributed by atoms with van der Waals surface area (Å²) >= 11 is 0. The number of ether oxygens (including phenoxy) is 1. The van der Waals surface area contributed by atoms with E-state index in [-0.39, 0.29) is 23.1 Å². The quantitative estimate of drug-likeness (QED) is 0.505. The molecule has 0 bridgehead atoms. The van der Waals surface area contributed by atoms with E-state index in [0.29, 0.717) is 0 Å². The minimum absolute atomic E-state index is 0.0115. The van der Waals surface area contributed by atoms with E-state index < -0.39 is 28.6 Å². The highest BCUT2D eigenvalue weighted by Crippen LogP contribution is 2.44. The Balaban J connectivity index is 1.49. The molecular formula is C23H20N2O6S. The number of carbonyl (C=O) groups excluding carboxylic acids is 1. The lowest BCUT2D eigenvalue weighted by Crippen LogP contribution is -2.30. The molecule has 8 nitrogen and oxygen atoms in total. The lowest BCUT2D eigenvalue weighted by atomic mass is 9.98. The molecule has 3 aromatic carbocycles. The molecule has 0 saturated heterocycles. The molecule has 0 aromatic heterocycles. The lowest BCUT2D eigenvalue weighted by Gasteiger charge is -2.16. The number of amides is 1. The summed E-state index contributed by atoms with van der Waals surface area (Å²) in [5, 5.41) is 11.2. The Bertz CT molecular complexity index is 1240. The zero-order valence-corrected chi connectivity index (χ0v) is 17.6. The Kier molecular flexibility index (Phi) is 5.93. The number of carboxylic acids is 1. The Morgan fingerprint density at radius 2 is 1.44 bits per heavy atom. The summed E-state index contributed by atoms with van der Waals surface area (Å²) < 4.78 is 32.2. The maximum atomic E-state index is 12.5. The normalized spacial score (nSPS) is 12.6. The maximum absolute atomic E-state index is 12.5. The molecule has 1 aliphatic rings. The minimum Gasteiger partial charge on any atom is -0.480 e. The zero-order valence-electron chi connectivity index (χ0n) is 16.8. The number of rotatable bonds is 7. The fourth-order valence-electron chi connectivity index (χ4n) is 3.78. The van der Waals surface area contributed by atoms with Gasteiger partial charge in [-0.1, -0.05) is 60.7 Å². The molecule has 1 aliphatic carbocycles. The van der Waals surface area contributed by atoms with Crippen LogP contribution in [0.1, 0.15) is 17.0 Å². The fourth-order valence-corrected chi connectivity index (χ4v) is 4.92. The number of para-hydroxylation sites is 1. The second-order valence-electron chi connectivity index (χ2n) is 7.16. The second-order valence-corrected chi connectivity index (χ2v) is 8.90. The molecule has 0 radical (unpaired) electrons. The summed E-state index contributed by atoms with van der Waals surface area (Å²) in [6, 6.07) is 21.5. The third-order valence-corrected chi connectivity index (χ3v) is 6.63. The highest BCUT2D eigenvalue weighted by atomic mass is 32.2. The molecule has 32 heavy (non-hydrogen) atoms. The van der Waals surface area contributed by atoms with Gasteiger partial charge in [-0.05, 0) is 34.4 Å². The number of carbonyl (C=O) groups is 2. The van der Waals surface area contributed by atoms with Crippen LogP contribution >= 0.6 is 0 Å². The fraction of sp³-hybridized carbons (Fsp3) is 0.130. The number of nitrogens with one attached hydrogen (secondary N) is 2. The highest BCUT2D eigenvalue weighted by Gasteiger charge is 2.29. The monoisotopic (exact) mass is 452 g/mol. The molecule has 0 saturated carbocycles. The van der Waals surface area contributed by atoms with Crippen LogP contribution in [-0.2, 0) is 19.6 Å². The summed E-state index contributed by atoms with van der Waals surface area (Å²) in [4.78, 5) is 23.0. The summed E-state index contributed by atoms with van der Waals surface area (Å²) in [5.74, 6) is -1.46. The number of carboxylic acid groups (broad SMARTS) is 1. The van der Waals surface area contributed by atoms with Crippen LogP contribution in [0.25, 0.3) is 11.1 Å². The molecule has 0 unspecified atom stereocenters. The van der Waals surface area contributed by atoms with Crippen LogP contribution in [0, 0.1) is 0 Å². The van der Waals surface area contributed by atoms with E-state index in [0.717, 1.165) is 22.3 Å². The van der Waals surface area contributed by atoms with E-state index in [1.165, 1.54) is 18.2 Å². The highest BCUT2D eigenvalue weighted by molar-refractivity contribution is 7.89. The molecule has 0 atom stereocenters. The van der Waals surface area contributed by atoms with Crippen LogP contribution in [0.4, 0.5) is 10.5 Å². The Morgan fingerprint density at radius 1 is 0.875 bits per heavy atom. The number of hydrogen-bond acceptors (Lipinski definition) is 5. The molecule has 164 valence electrons. The van der Waals surface area contributed by atoms with Crippen LogP contribution in [0.5, 0.6) is 0 Å². The van der Waals surface area contributed by atoms with Crippen LogP contribution in [0.15, 0.2) is 77.7 Å². The van der Waals surface area contributed by atoms with Gasteiger partial charge < -0.3 is 9.84 Å². The van der Waals surface area contributed by atoms with Gasteiger partial charge in [-0.25, -0.2) is 13.2 Å². The van der Waals surface area contributed by atoms with Crippen molar-refractivity contribution in [2.45, 2.75) is 10.8 Å². The molecule has 0 fully saturated rings. The topological polar surface area (TPSA) is 122 Å². The summed E-state index contributed by atoms with van der Waals surface area (Å²) in [5.41, 5.74) is 4.29. The number of fused-ring (bicyclic) bond motifs is 3. The van der Waals surface area contributed by atoms with Crippen molar-refractivity contribution in [3.05, 3.63) is 83.9 Å². The van der Waals surface area contributed by atoms with Gasteiger partial charge in [-0.15, -0.1) is 0 Å². The van der Waals surface area contributed by atoms with E-state index in [4.69, 9.17) is 9.84 Å². The molecule has 4 rings (SSSR count). The largest absolute Gasteiger partial charge is 0.480 e. The standard InChI is InChI=1S/C23H20N2O6S/c26-22(27)13-24-32(29,30)21-12-6-5-11-20(21)25-23(28)31-14-19-17-9-3-1-7-15(17)16-8-2-4-10-18(16)19/h1-12,19,24H,13-14H2,(H,25,28)(H,26,27). The number of anilines is 1. The van der Waals surface area contributed by atoms with Crippen molar-refractivity contribution in [3.63, 3.8) is 0 Å². The Hall–Kier alpha value is -3.69. The molecule has 0 aliphatic heterocycles. The van der Waals surface area contributed by atoms with E-state index in [2.05, 4.69) is 5.32 Å². The maximum Gasteiger partial charge on any atom is 0.411 e. The van der Waals surface area contributed by atoms with Crippen molar-refractivity contribution in [1.29, 1.82) is 0 Å². The van der Waals surface area contributed by atoms with Crippen molar-refractivity contribution in [2.75, 3.05) is 18.5 Å². The predicted molar refractivity (Wildman–Crippen MR) is 118 cm³/mol. The van der Waals surface area contributed by atoms with Crippen LogP contribution in [0.3, 0.4) is 0 Å². The Labute approximate surface area is 184 Å². The second kappa shape index (κ2) is 8.81. The molecule has 0 heterocycles. The van der Waals surface area contributed by atoms with E-state index >= 15 is 0 Å². The molecule has 3 N–H and O–H groups in total. The van der Waals surface area contributed by atoms with Gasteiger partial charge >= 0.3 is 12.1 Å². The Morgan fingerprint density at radius 3 is 2.06 bits per heavy atom. The number of hydrogen-bond donors (Lipinski definition) is 3. The van der Waals surface area contributed by atoms with Crippen LogP contribution in [-0.4, -0.2) is 38.7 Å². The van der Waals surface area contributed by atoms with Gasteiger partial charge in [0, 0.05) is 5.92 Å². The molecule has 3 aromatic rings. The first kappa shape index (κ1) is 21.5. The average Bonchev–Trinajstić information content (AvgIpc) is 3.10. The van der Waals surface area contributed by atoms with Crippen molar-refractivity contribution in [1.82, 2.24) is 4.72 Å². The van der Waals surface area contributed by atoms with E-state index in [1.54, 1.807) is 6.07 Å². The van der Waals surface area contributed by atoms with Gasteiger partial charge in [0.2, 0.25) is 10.0 Å². The zero-order chi connectivity index (χ0) is 22.7. The lowest BCUT2D eigenvalue weighted by molar-refractivity contribution is -0.135. The number of benzene rings is 3. The van der Waals surface area contributed by atoms with Crippen molar-refractivity contribution in [3.8, 4) is 11.1 Å². The third kappa shape index (κ3) is 4.34. The van der Waals surface area contributed by atoms with Gasteiger partial charge in [0.05, 0.1) is 5.69 Å². The van der Waals surface area contributed by atoms with Crippen LogP contribution < -0.4 is 10.0 Å². The van der Waals surface area contributed by atoms with Gasteiger partial charge in [-0.2, -0.15) is 4.72 Å². The van der Waals surface area contributed by atoms with E-state index in [9.17, 15) is 18.0 Å². The third-order valence-electron chi connectivity index (χ3n) is 5.17. The van der Waals surface area contributed by atoms with Crippen LogP contribution in [0.2, 0.25) is 0 Å². The summed E-state index contributed by atoms with van der Waals surface area (Å²) in [7, 11) is -4.14. The van der Waals surface area contributed by atoms with Gasteiger partial charge in [0.15, 0.2) is 0 Å². The van der Waals surface area contributed by atoms with Gasteiger partial charge in [0.1, 0.15) is 18.0 Å². The van der Waals surface area contributed by atoms with Crippen molar-refractivity contribution < 1.29 is 27.9 Å². The molecule has 1 amide bonds. The summed E-state index contributed by atoms with van der Waals surface area (Å²) in [6.45, 7) is -0.701. The van der Waals surface area contributed by atoms with Gasteiger partial charge in [-0.3, -0.25) is 10.1 Å². The first-order chi connectivity index (χ1) is 15.4. The summed E-state index contributed by atoms with van der Waals surface area (Å²) in [6.07, 6.45) is -0.812. The van der Waals surface area contributed by atoms with Crippen molar-refractivity contribution in [2.24, 2.45) is 0 Å². The average molecular weight is 452 g/mol. The smallest absolute Gasteiger partial charge is 0.411 e. The van der Waals surface area contributed by atoms with E-state index in [1.807, 2.05) is 53.3 Å². The SMILES string of the molecule is O=C(O)CNS(=O)(=O)c1ccccc1NC(=O)OCC1c2ccccc2-c2ccccc21. The molecule has 9 heteroatoms. The number of aliphatic carboxylic acids is 1. The predicted octanol–water partition coefficient (Wildman–Crippen LogP) is 3.41. The van der Waals surface area contributed by atoms with Crippen molar-refractivity contribution >= 4 is 27.8 Å². The minimum atomic E-state index is -4.14. The first-order valence-electron chi connectivity index (χ1n) is 9.79. The molecule has 0 spiro atoms.